The van der Waals surface area contributed by atoms with E-state index in [0.29, 0.717) is 11.1 Å². The van der Waals surface area contributed by atoms with E-state index in [9.17, 15) is 8.42 Å². The van der Waals surface area contributed by atoms with Crippen molar-refractivity contribution in [3.05, 3.63) is 35.4 Å². The quantitative estimate of drug-likeness (QED) is 0.575. The Morgan fingerprint density at radius 2 is 2.07 bits per heavy atom. The van der Waals surface area contributed by atoms with E-state index >= 15 is 0 Å². The van der Waals surface area contributed by atoms with Gasteiger partial charge < -0.3 is 0 Å². The summed E-state index contributed by atoms with van der Waals surface area (Å²) in [5, 5.41) is 8.50. The molecule has 0 radical (unpaired) electrons. The summed E-state index contributed by atoms with van der Waals surface area (Å²) in [5.74, 6) is -0.456. The van der Waals surface area contributed by atoms with Gasteiger partial charge in [0.2, 0.25) is 0 Å². The topological polar surface area (TPSA) is 78.2 Å². The molecule has 0 aliphatic carbocycles. The van der Waals surface area contributed by atoms with Gasteiger partial charge in [0, 0.05) is 0 Å². The Morgan fingerprint density at radius 1 is 1.43 bits per heavy atom. The Hall–Kier alpha value is -0.380. The van der Waals surface area contributed by atoms with Gasteiger partial charge in [0.25, 0.3) is 10.1 Å². The standard InChI is InChI=1S/C8H7NO3S.Na.H/c9-5-7-2-1-3-8(4-7)6-13(10,11)12;;/h1-4H,6H2,(H,10,11,12);;. The van der Waals surface area contributed by atoms with Crippen LogP contribution in [0.1, 0.15) is 11.1 Å². The molecule has 0 saturated heterocycles. The van der Waals surface area contributed by atoms with E-state index in [1.165, 1.54) is 12.1 Å². The van der Waals surface area contributed by atoms with Crippen LogP contribution in [-0.2, 0) is 15.9 Å². The third kappa shape index (κ3) is 4.74. The molecular weight excluding hydrogens is 213 g/mol. The number of benzene rings is 1. The summed E-state index contributed by atoms with van der Waals surface area (Å²) < 4.78 is 29.5. The summed E-state index contributed by atoms with van der Waals surface area (Å²) in [6.07, 6.45) is 0. The number of nitriles is 1. The average Bonchev–Trinajstić information content (AvgIpc) is 2.01. The molecule has 0 bridgehead atoms. The molecule has 0 saturated carbocycles. The second-order valence-electron chi connectivity index (χ2n) is 2.54. The third-order valence-electron chi connectivity index (χ3n) is 1.41. The molecule has 1 aromatic rings. The van der Waals surface area contributed by atoms with Crippen molar-refractivity contribution < 1.29 is 13.0 Å². The zero-order chi connectivity index (χ0) is 9.90. The summed E-state index contributed by atoms with van der Waals surface area (Å²) in [5.41, 5.74) is 0.780. The Kier molecular flexibility index (Phi) is 5.34. The molecule has 0 aliphatic heterocycles. The van der Waals surface area contributed by atoms with Crippen molar-refractivity contribution in [2.75, 3.05) is 0 Å². The van der Waals surface area contributed by atoms with Gasteiger partial charge in [0.05, 0.1) is 11.6 Å². The first kappa shape index (κ1) is 13.6. The third-order valence-corrected chi connectivity index (χ3v) is 2.10. The van der Waals surface area contributed by atoms with Crippen LogP contribution in [0.3, 0.4) is 0 Å². The van der Waals surface area contributed by atoms with Gasteiger partial charge in [-0.15, -0.1) is 0 Å². The summed E-state index contributed by atoms with van der Waals surface area (Å²) in [6, 6.07) is 7.97. The zero-order valence-electron chi connectivity index (χ0n) is 6.64. The molecule has 4 nitrogen and oxygen atoms in total. The van der Waals surface area contributed by atoms with Crippen molar-refractivity contribution in [2.24, 2.45) is 0 Å². The maximum atomic E-state index is 10.5. The minimum atomic E-state index is -4.01. The zero-order valence-corrected chi connectivity index (χ0v) is 7.45. The Balaban J connectivity index is 0.00000169. The van der Waals surface area contributed by atoms with Gasteiger partial charge in [-0.3, -0.25) is 4.55 Å². The van der Waals surface area contributed by atoms with E-state index < -0.39 is 15.9 Å². The van der Waals surface area contributed by atoms with Gasteiger partial charge in [0.15, 0.2) is 0 Å². The number of rotatable bonds is 2. The average molecular weight is 221 g/mol. The molecule has 70 valence electrons. The van der Waals surface area contributed by atoms with Crippen molar-refractivity contribution in [3.8, 4) is 6.07 Å². The van der Waals surface area contributed by atoms with Crippen LogP contribution in [0, 0.1) is 11.3 Å². The first-order chi connectivity index (χ1) is 6.01. The molecule has 0 spiro atoms. The SMILES string of the molecule is N#Cc1cccc(CS(=O)(=O)O)c1.[NaH]. The van der Waals surface area contributed by atoms with Crippen LogP contribution in [-0.4, -0.2) is 42.5 Å². The van der Waals surface area contributed by atoms with E-state index in [2.05, 4.69) is 0 Å². The van der Waals surface area contributed by atoms with Gasteiger partial charge in [0.1, 0.15) is 5.75 Å². The molecule has 0 amide bonds. The molecule has 0 aromatic heterocycles. The molecule has 1 aromatic carbocycles. The summed E-state index contributed by atoms with van der Waals surface area (Å²) >= 11 is 0. The Labute approximate surface area is 105 Å². The van der Waals surface area contributed by atoms with Crippen LogP contribution in [0.4, 0.5) is 0 Å². The molecule has 6 heteroatoms. The fraction of sp³-hybridized carbons (Fsp3) is 0.125. The second kappa shape index (κ2) is 5.49. The first-order valence-electron chi connectivity index (χ1n) is 3.45. The summed E-state index contributed by atoms with van der Waals surface area (Å²) in [7, 11) is -4.01. The van der Waals surface area contributed by atoms with Crippen LogP contribution in [0.2, 0.25) is 0 Å². The van der Waals surface area contributed by atoms with Crippen molar-refractivity contribution in [1.29, 1.82) is 5.26 Å². The van der Waals surface area contributed by atoms with Gasteiger partial charge in [-0.1, -0.05) is 12.1 Å². The van der Waals surface area contributed by atoms with Crippen LogP contribution in [0.25, 0.3) is 0 Å². The summed E-state index contributed by atoms with van der Waals surface area (Å²) in [6.45, 7) is 0. The van der Waals surface area contributed by atoms with Gasteiger partial charge in [-0.25, -0.2) is 0 Å². The minimum absolute atomic E-state index is 0. The van der Waals surface area contributed by atoms with Crippen molar-refractivity contribution in [2.45, 2.75) is 5.75 Å². The maximum absolute atomic E-state index is 10.5. The van der Waals surface area contributed by atoms with E-state index in [1.807, 2.05) is 6.07 Å². The molecule has 0 atom stereocenters. The Morgan fingerprint density at radius 3 is 2.57 bits per heavy atom. The number of hydrogen-bond donors (Lipinski definition) is 1. The van der Waals surface area contributed by atoms with Gasteiger partial charge in [-0.05, 0) is 17.7 Å². The van der Waals surface area contributed by atoms with E-state index in [-0.39, 0.29) is 29.6 Å². The molecule has 1 N–H and O–H groups in total. The van der Waals surface area contributed by atoms with Gasteiger partial charge in [-0.2, -0.15) is 13.7 Å². The molecule has 0 fully saturated rings. The van der Waals surface area contributed by atoms with E-state index in [0.717, 1.165) is 0 Å². The molecule has 0 heterocycles. The van der Waals surface area contributed by atoms with E-state index in [4.69, 9.17) is 9.81 Å². The molecule has 14 heavy (non-hydrogen) atoms. The predicted octanol–water partition coefficient (Wildman–Crippen LogP) is 0.298. The van der Waals surface area contributed by atoms with Crippen LogP contribution in [0.5, 0.6) is 0 Å². The van der Waals surface area contributed by atoms with Crippen molar-refractivity contribution in [1.82, 2.24) is 0 Å². The van der Waals surface area contributed by atoms with Crippen LogP contribution in [0.15, 0.2) is 24.3 Å². The van der Waals surface area contributed by atoms with Crippen molar-refractivity contribution >= 4 is 39.7 Å². The number of hydrogen-bond acceptors (Lipinski definition) is 3. The molecule has 0 unspecified atom stereocenters. The predicted molar refractivity (Wildman–Crippen MR) is 53.6 cm³/mol. The van der Waals surface area contributed by atoms with Gasteiger partial charge >= 0.3 is 29.6 Å². The molecular formula is C8H8NNaO3S. The molecule has 1 rings (SSSR count). The monoisotopic (exact) mass is 221 g/mol. The summed E-state index contributed by atoms with van der Waals surface area (Å²) in [4.78, 5) is 0. The Bertz CT molecular complexity index is 450. The normalized spacial score (nSPS) is 10.0. The second-order valence-corrected chi connectivity index (χ2v) is 3.99. The van der Waals surface area contributed by atoms with Crippen molar-refractivity contribution in [3.63, 3.8) is 0 Å². The number of nitrogens with zero attached hydrogens (tertiary/aromatic N) is 1. The van der Waals surface area contributed by atoms with Crippen LogP contribution >= 0.6 is 0 Å². The van der Waals surface area contributed by atoms with Crippen LogP contribution < -0.4 is 0 Å². The first-order valence-corrected chi connectivity index (χ1v) is 5.06. The fourth-order valence-electron chi connectivity index (χ4n) is 0.941. The molecule has 0 aliphatic rings. The van der Waals surface area contributed by atoms with E-state index in [1.54, 1.807) is 12.1 Å². The fourth-order valence-corrected chi connectivity index (χ4v) is 1.54.